The molecule has 19 heavy (non-hydrogen) atoms. The molecule has 6 nitrogen and oxygen atoms in total. The van der Waals surface area contributed by atoms with Crippen molar-refractivity contribution >= 4 is 11.7 Å². The van der Waals surface area contributed by atoms with Gasteiger partial charge in [-0.05, 0) is 25.5 Å². The third kappa shape index (κ3) is 2.90. The van der Waals surface area contributed by atoms with Crippen LogP contribution in [0.2, 0.25) is 0 Å². The summed E-state index contributed by atoms with van der Waals surface area (Å²) in [6.07, 6.45) is 0.659. The summed E-state index contributed by atoms with van der Waals surface area (Å²) in [5.74, 6) is -1.06. The quantitative estimate of drug-likeness (QED) is 0.664. The zero-order valence-electron chi connectivity index (χ0n) is 10.7. The SMILES string of the molecule is CC(c1ccc([N+](=O)[O-])cc1)N1CCC(C(=O)O)C1. The van der Waals surface area contributed by atoms with Gasteiger partial charge in [-0.2, -0.15) is 0 Å². The van der Waals surface area contributed by atoms with Gasteiger partial charge in [0.15, 0.2) is 0 Å². The second kappa shape index (κ2) is 5.36. The van der Waals surface area contributed by atoms with E-state index in [1.54, 1.807) is 12.1 Å². The average molecular weight is 264 g/mol. The number of aliphatic carboxylic acids is 1. The molecule has 0 aromatic heterocycles. The second-order valence-electron chi connectivity index (χ2n) is 4.84. The minimum absolute atomic E-state index is 0.0702. The second-order valence-corrected chi connectivity index (χ2v) is 4.84. The number of nitro groups is 1. The fourth-order valence-electron chi connectivity index (χ4n) is 2.43. The fourth-order valence-corrected chi connectivity index (χ4v) is 2.43. The van der Waals surface area contributed by atoms with Crippen LogP contribution in [0.5, 0.6) is 0 Å². The fraction of sp³-hybridized carbons (Fsp3) is 0.462. The van der Waals surface area contributed by atoms with Gasteiger partial charge in [0.2, 0.25) is 0 Å². The molecule has 1 aromatic carbocycles. The molecule has 0 amide bonds. The number of carboxylic acids is 1. The third-order valence-corrected chi connectivity index (χ3v) is 3.70. The molecule has 102 valence electrons. The minimum Gasteiger partial charge on any atom is -0.481 e. The van der Waals surface area contributed by atoms with Gasteiger partial charge in [0, 0.05) is 24.7 Å². The Balaban J connectivity index is 2.06. The van der Waals surface area contributed by atoms with Gasteiger partial charge < -0.3 is 5.11 Å². The predicted molar refractivity (Wildman–Crippen MR) is 68.8 cm³/mol. The first-order chi connectivity index (χ1) is 8.99. The van der Waals surface area contributed by atoms with Crippen molar-refractivity contribution in [3.63, 3.8) is 0 Å². The van der Waals surface area contributed by atoms with Crippen molar-refractivity contribution in [1.82, 2.24) is 4.90 Å². The topological polar surface area (TPSA) is 83.7 Å². The van der Waals surface area contributed by atoms with Crippen LogP contribution in [-0.2, 0) is 4.79 Å². The molecule has 2 atom stereocenters. The van der Waals surface area contributed by atoms with Crippen molar-refractivity contribution in [3.05, 3.63) is 39.9 Å². The maximum Gasteiger partial charge on any atom is 0.307 e. The molecule has 6 heteroatoms. The minimum atomic E-state index is -0.751. The normalized spacial score (nSPS) is 21.2. The number of hydrogen-bond acceptors (Lipinski definition) is 4. The molecule has 2 unspecified atom stereocenters. The molecule has 0 saturated carbocycles. The first-order valence-electron chi connectivity index (χ1n) is 6.20. The number of nitro benzene ring substituents is 1. The van der Waals surface area contributed by atoms with E-state index in [1.807, 2.05) is 6.92 Å². The van der Waals surface area contributed by atoms with Crippen LogP contribution in [0, 0.1) is 16.0 Å². The van der Waals surface area contributed by atoms with Gasteiger partial charge in [0.1, 0.15) is 0 Å². The standard InChI is InChI=1S/C13H16N2O4/c1-9(14-7-6-11(8-14)13(16)17)10-2-4-12(5-3-10)15(18)19/h2-5,9,11H,6-8H2,1H3,(H,16,17). The van der Waals surface area contributed by atoms with Crippen LogP contribution in [0.4, 0.5) is 5.69 Å². The van der Waals surface area contributed by atoms with Crippen molar-refractivity contribution in [1.29, 1.82) is 0 Å². The van der Waals surface area contributed by atoms with E-state index in [9.17, 15) is 14.9 Å². The molecular formula is C13H16N2O4. The van der Waals surface area contributed by atoms with Crippen molar-refractivity contribution < 1.29 is 14.8 Å². The monoisotopic (exact) mass is 264 g/mol. The van der Waals surface area contributed by atoms with Gasteiger partial charge in [-0.1, -0.05) is 12.1 Å². The summed E-state index contributed by atoms with van der Waals surface area (Å²) in [7, 11) is 0. The number of rotatable bonds is 4. The van der Waals surface area contributed by atoms with Crippen LogP contribution in [-0.4, -0.2) is 34.0 Å². The maximum atomic E-state index is 10.9. The van der Waals surface area contributed by atoms with Crippen LogP contribution in [0.25, 0.3) is 0 Å². The van der Waals surface area contributed by atoms with E-state index >= 15 is 0 Å². The first-order valence-corrected chi connectivity index (χ1v) is 6.20. The Hall–Kier alpha value is -1.95. The Labute approximate surface area is 110 Å². The Kier molecular flexibility index (Phi) is 3.80. The van der Waals surface area contributed by atoms with Crippen molar-refractivity contribution in [2.75, 3.05) is 13.1 Å². The molecular weight excluding hydrogens is 248 g/mol. The zero-order valence-corrected chi connectivity index (χ0v) is 10.7. The van der Waals surface area contributed by atoms with Crippen LogP contribution >= 0.6 is 0 Å². The van der Waals surface area contributed by atoms with Gasteiger partial charge >= 0.3 is 5.97 Å². The molecule has 0 radical (unpaired) electrons. The Morgan fingerprint density at radius 2 is 2.11 bits per heavy atom. The molecule has 2 rings (SSSR count). The number of carbonyl (C=O) groups is 1. The van der Waals surface area contributed by atoms with E-state index in [0.717, 1.165) is 12.1 Å². The summed E-state index contributed by atoms with van der Waals surface area (Å²) in [5, 5.41) is 19.6. The summed E-state index contributed by atoms with van der Waals surface area (Å²) in [4.78, 5) is 23.2. The molecule has 1 aliphatic heterocycles. The molecule has 1 fully saturated rings. The number of carboxylic acid groups (broad SMARTS) is 1. The smallest absolute Gasteiger partial charge is 0.307 e. The van der Waals surface area contributed by atoms with E-state index in [2.05, 4.69) is 4.90 Å². The summed E-state index contributed by atoms with van der Waals surface area (Å²) < 4.78 is 0. The highest BCUT2D eigenvalue weighted by Gasteiger charge is 2.31. The lowest BCUT2D eigenvalue weighted by atomic mass is 10.1. The molecule has 0 spiro atoms. The maximum absolute atomic E-state index is 10.9. The third-order valence-electron chi connectivity index (χ3n) is 3.70. The van der Waals surface area contributed by atoms with Crippen LogP contribution < -0.4 is 0 Å². The average Bonchev–Trinajstić information content (AvgIpc) is 2.87. The molecule has 1 aliphatic rings. The van der Waals surface area contributed by atoms with E-state index in [0.29, 0.717) is 13.0 Å². The van der Waals surface area contributed by atoms with Crippen LogP contribution in [0.1, 0.15) is 24.9 Å². The largest absolute Gasteiger partial charge is 0.481 e. The van der Waals surface area contributed by atoms with Crippen LogP contribution in [0.3, 0.4) is 0 Å². The molecule has 1 aromatic rings. The molecule has 0 bridgehead atoms. The number of hydrogen-bond donors (Lipinski definition) is 1. The van der Waals surface area contributed by atoms with Gasteiger partial charge in [0.05, 0.1) is 10.8 Å². The zero-order chi connectivity index (χ0) is 14.0. The Bertz CT molecular complexity index is 486. The lowest BCUT2D eigenvalue weighted by Gasteiger charge is -2.24. The van der Waals surface area contributed by atoms with Crippen LogP contribution in [0.15, 0.2) is 24.3 Å². The van der Waals surface area contributed by atoms with Gasteiger partial charge in [-0.15, -0.1) is 0 Å². The summed E-state index contributed by atoms with van der Waals surface area (Å²) in [6, 6.07) is 6.51. The number of likely N-dealkylation sites (tertiary alicyclic amines) is 1. The summed E-state index contributed by atoms with van der Waals surface area (Å²) >= 11 is 0. The molecule has 1 heterocycles. The Morgan fingerprint density at radius 1 is 1.47 bits per heavy atom. The van der Waals surface area contributed by atoms with E-state index < -0.39 is 10.9 Å². The van der Waals surface area contributed by atoms with E-state index in [4.69, 9.17) is 5.11 Å². The van der Waals surface area contributed by atoms with Gasteiger partial charge in [-0.3, -0.25) is 19.8 Å². The van der Waals surface area contributed by atoms with Gasteiger partial charge in [0.25, 0.3) is 5.69 Å². The van der Waals surface area contributed by atoms with Crippen molar-refractivity contribution in [3.8, 4) is 0 Å². The number of benzene rings is 1. The first kappa shape index (κ1) is 13.5. The molecule has 0 aliphatic carbocycles. The van der Waals surface area contributed by atoms with Crippen molar-refractivity contribution in [2.24, 2.45) is 5.92 Å². The van der Waals surface area contributed by atoms with Crippen molar-refractivity contribution in [2.45, 2.75) is 19.4 Å². The van der Waals surface area contributed by atoms with Gasteiger partial charge in [-0.25, -0.2) is 0 Å². The lowest BCUT2D eigenvalue weighted by Crippen LogP contribution is -2.26. The van der Waals surface area contributed by atoms with E-state index in [1.165, 1.54) is 12.1 Å². The summed E-state index contributed by atoms with van der Waals surface area (Å²) in [6.45, 7) is 3.27. The highest BCUT2D eigenvalue weighted by atomic mass is 16.6. The Morgan fingerprint density at radius 3 is 2.58 bits per heavy atom. The summed E-state index contributed by atoms with van der Waals surface area (Å²) in [5.41, 5.74) is 1.04. The number of nitrogens with zero attached hydrogens (tertiary/aromatic N) is 2. The lowest BCUT2D eigenvalue weighted by molar-refractivity contribution is -0.384. The number of non-ortho nitro benzene ring substituents is 1. The molecule has 1 N–H and O–H groups in total. The predicted octanol–water partition coefficient (Wildman–Crippen LogP) is 2.06. The highest BCUT2D eigenvalue weighted by molar-refractivity contribution is 5.70. The highest BCUT2D eigenvalue weighted by Crippen LogP contribution is 2.28. The molecule has 1 saturated heterocycles. The van der Waals surface area contributed by atoms with E-state index in [-0.39, 0.29) is 17.6 Å².